The molecule has 1 aromatic carbocycles. The van der Waals surface area contributed by atoms with Crippen LogP contribution in [0.25, 0.3) is 0 Å². The molecule has 1 aliphatic carbocycles. The van der Waals surface area contributed by atoms with Gasteiger partial charge in [0.1, 0.15) is 17.0 Å². The number of imide groups is 1. The monoisotopic (exact) mass is 327 g/mol. The first-order valence-corrected chi connectivity index (χ1v) is 7.70. The third kappa shape index (κ3) is 1.99. The van der Waals surface area contributed by atoms with Gasteiger partial charge in [-0.05, 0) is 36.1 Å². The summed E-state index contributed by atoms with van der Waals surface area (Å²) in [7, 11) is 3.27. The topological polar surface area (TPSA) is 89.3 Å². The van der Waals surface area contributed by atoms with Gasteiger partial charge in [0.25, 0.3) is 5.91 Å². The van der Waals surface area contributed by atoms with Crippen molar-refractivity contribution in [3.63, 3.8) is 0 Å². The highest BCUT2D eigenvalue weighted by atomic mass is 16.5. The molecular formula is C16H17N5O3. The van der Waals surface area contributed by atoms with Crippen molar-refractivity contribution in [1.82, 2.24) is 25.2 Å². The number of hydrogen-bond acceptors (Lipinski definition) is 5. The van der Waals surface area contributed by atoms with E-state index in [1.54, 1.807) is 20.4 Å². The maximum atomic E-state index is 13.1. The van der Waals surface area contributed by atoms with Gasteiger partial charge in [0.05, 0.1) is 19.9 Å². The molecule has 0 radical (unpaired) electrons. The average Bonchev–Trinajstić information content (AvgIpc) is 3.22. The van der Waals surface area contributed by atoms with Crippen LogP contribution < -0.4 is 10.1 Å². The van der Waals surface area contributed by atoms with Crippen LogP contribution in [0.5, 0.6) is 5.75 Å². The Balaban J connectivity index is 1.69. The van der Waals surface area contributed by atoms with E-state index < -0.39 is 11.6 Å². The van der Waals surface area contributed by atoms with Crippen molar-refractivity contribution < 1.29 is 14.3 Å². The number of carbonyl (C=O) groups excluding carboxylic acids is 2. The van der Waals surface area contributed by atoms with Gasteiger partial charge in [0.15, 0.2) is 0 Å². The van der Waals surface area contributed by atoms with E-state index in [2.05, 4.69) is 15.5 Å². The van der Waals surface area contributed by atoms with Crippen molar-refractivity contribution in [2.45, 2.75) is 24.9 Å². The van der Waals surface area contributed by atoms with E-state index in [9.17, 15) is 9.59 Å². The molecule has 0 bridgehead atoms. The van der Waals surface area contributed by atoms with Crippen LogP contribution in [-0.4, -0.2) is 38.9 Å². The summed E-state index contributed by atoms with van der Waals surface area (Å²) in [5.41, 5.74) is 1.46. The van der Waals surface area contributed by atoms with Crippen molar-refractivity contribution in [2.75, 3.05) is 7.11 Å². The van der Waals surface area contributed by atoms with E-state index in [-0.39, 0.29) is 12.5 Å². The van der Waals surface area contributed by atoms with Crippen LogP contribution in [-0.2, 0) is 30.3 Å². The maximum absolute atomic E-state index is 13.1. The largest absolute Gasteiger partial charge is 0.497 e. The number of urea groups is 1. The number of benzene rings is 1. The third-order valence-electron chi connectivity index (χ3n) is 4.69. The van der Waals surface area contributed by atoms with E-state index in [4.69, 9.17) is 4.74 Å². The van der Waals surface area contributed by atoms with Crippen molar-refractivity contribution in [2.24, 2.45) is 7.05 Å². The van der Waals surface area contributed by atoms with E-state index in [0.717, 1.165) is 17.5 Å². The number of carbonyl (C=O) groups is 2. The fourth-order valence-corrected chi connectivity index (χ4v) is 3.50. The van der Waals surface area contributed by atoms with Crippen molar-refractivity contribution >= 4 is 11.9 Å². The SMILES string of the molecule is COc1ccc2c(c1)[C@]1(CC2)NC(=O)N(Cc2cnn(C)n2)C1=O. The van der Waals surface area contributed by atoms with Crippen LogP contribution in [0.3, 0.4) is 0 Å². The molecule has 0 unspecified atom stereocenters. The fourth-order valence-electron chi connectivity index (χ4n) is 3.50. The third-order valence-corrected chi connectivity index (χ3v) is 4.69. The second-order valence-corrected chi connectivity index (χ2v) is 6.08. The minimum atomic E-state index is -0.997. The second-order valence-electron chi connectivity index (χ2n) is 6.08. The molecule has 1 spiro atoms. The summed E-state index contributed by atoms with van der Waals surface area (Å²) < 4.78 is 5.27. The number of methoxy groups -OCH3 is 1. The van der Waals surface area contributed by atoms with Crippen LogP contribution in [0.15, 0.2) is 24.4 Å². The van der Waals surface area contributed by atoms with E-state index >= 15 is 0 Å². The number of nitrogens with zero attached hydrogens (tertiary/aromatic N) is 4. The van der Waals surface area contributed by atoms with Gasteiger partial charge in [-0.25, -0.2) is 4.79 Å². The van der Waals surface area contributed by atoms with Gasteiger partial charge >= 0.3 is 6.03 Å². The number of fused-ring (bicyclic) bond motifs is 2. The average molecular weight is 327 g/mol. The lowest BCUT2D eigenvalue weighted by atomic mass is 9.91. The van der Waals surface area contributed by atoms with Crippen molar-refractivity contribution in [3.8, 4) is 5.75 Å². The van der Waals surface area contributed by atoms with Crippen LogP contribution in [0.4, 0.5) is 4.79 Å². The summed E-state index contributed by atoms with van der Waals surface area (Å²) in [6.07, 6.45) is 2.85. The van der Waals surface area contributed by atoms with E-state index in [1.165, 1.54) is 9.70 Å². The highest BCUT2D eigenvalue weighted by molar-refractivity contribution is 6.08. The Labute approximate surface area is 138 Å². The molecule has 0 saturated carbocycles. The summed E-state index contributed by atoms with van der Waals surface area (Å²) >= 11 is 0. The molecule has 8 nitrogen and oxygen atoms in total. The Hall–Kier alpha value is -2.90. The molecule has 1 fully saturated rings. The summed E-state index contributed by atoms with van der Waals surface area (Å²) in [5.74, 6) is 0.426. The molecule has 1 aliphatic heterocycles. The summed E-state index contributed by atoms with van der Waals surface area (Å²) in [6.45, 7) is 0.111. The number of hydrogen-bond donors (Lipinski definition) is 1. The van der Waals surface area contributed by atoms with Crippen LogP contribution in [0.2, 0.25) is 0 Å². The quantitative estimate of drug-likeness (QED) is 0.839. The molecule has 2 heterocycles. The number of rotatable bonds is 3. The zero-order chi connectivity index (χ0) is 16.9. The van der Waals surface area contributed by atoms with E-state index in [1.807, 2.05) is 18.2 Å². The zero-order valence-corrected chi connectivity index (χ0v) is 13.4. The Morgan fingerprint density at radius 2 is 2.21 bits per heavy atom. The standard InChI is InChI=1S/C16H17N5O3/c1-20-17-8-11(19-20)9-21-14(22)16(18-15(21)23)6-5-10-3-4-12(24-2)7-13(10)16/h3-4,7-8H,5-6,9H2,1-2H3,(H,18,23)/t16-/m0/s1. The van der Waals surface area contributed by atoms with Gasteiger partial charge in [0, 0.05) is 7.05 Å². The van der Waals surface area contributed by atoms with Crippen molar-refractivity contribution in [1.29, 1.82) is 0 Å². The van der Waals surface area contributed by atoms with Gasteiger partial charge in [-0.1, -0.05) is 6.07 Å². The van der Waals surface area contributed by atoms with Crippen molar-refractivity contribution in [3.05, 3.63) is 41.2 Å². The fraction of sp³-hybridized carbons (Fsp3) is 0.375. The Morgan fingerprint density at radius 3 is 2.92 bits per heavy atom. The van der Waals surface area contributed by atoms with Gasteiger partial charge in [-0.2, -0.15) is 15.0 Å². The van der Waals surface area contributed by atoms with Crippen LogP contribution in [0.1, 0.15) is 23.2 Å². The molecular weight excluding hydrogens is 310 g/mol. The first-order valence-electron chi connectivity index (χ1n) is 7.70. The summed E-state index contributed by atoms with van der Waals surface area (Å²) in [5, 5.41) is 11.0. The molecule has 3 amide bonds. The molecule has 8 heteroatoms. The normalized spacial score (nSPS) is 22.2. The molecule has 1 saturated heterocycles. The molecule has 4 rings (SSSR count). The van der Waals surface area contributed by atoms with Gasteiger partial charge in [-0.15, -0.1) is 0 Å². The zero-order valence-electron chi connectivity index (χ0n) is 13.4. The molecule has 1 atom stereocenters. The molecule has 2 aliphatic rings. The summed E-state index contributed by atoms with van der Waals surface area (Å²) in [4.78, 5) is 28.1. The predicted octanol–water partition coefficient (Wildman–Crippen LogP) is 0.717. The minimum absolute atomic E-state index is 0.111. The first kappa shape index (κ1) is 14.7. The van der Waals surface area contributed by atoms with E-state index in [0.29, 0.717) is 17.9 Å². The number of ether oxygens (including phenoxy) is 1. The molecule has 1 N–H and O–H groups in total. The Morgan fingerprint density at radius 1 is 1.38 bits per heavy atom. The molecule has 2 aromatic rings. The lowest BCUT2D eigenvalue weighted by molar-refractivity contribution is -0.132. The minimum Gasteiger partial charge on any atom is -0.497 e. The number of nitrogens with one attached hydrogen (secondary N) is 1. The Bertz CT molecular complexity index is 846. The lowest BCUT2D eigenvalue weighted by Crippen LogP contribution is -2.41. The first-order chi connectivity index (χ1) is 11.5. The number of aromatic nitrogens is 3. The highest BCUT2D eigenvalue weighted by Crippen LogP contribution is 2.43. The van der Waals surface area contributed by atoms with Gasteiger partial charge < -0.3 is 10.1 Å². The van der Waals surface area contributed by atoms with Crippen LogP contribution >= 0.6 is 0 Å². The molecule has 24 heavy (non-hydrogen) atoms. The van der Waals surface area contributed by atoms with Crippen LogP contribution in [0, 0.1) is 0 Å². The Kier molecular flexibility index (Phi) is 3.09. The second kappa shape index (κ2) is 5.05. The number of aryl methyl sites for hydroxylation is 2. The smallest absolute Gasteiger partial charge is 0.325 e. The maximum Gasteiger partial charge on any atom is 0.325 e. The summed E-state index contributed by atoms with van der Waals surface area (Å²) in [6, 6.07) is 5.26. The highest BCUT2D eigenvalue weighted by Gasteiger charge is 2.55. The lowest BCUT2D eigenvalue weighted by Gasteiger charge is -2.22. The predicted molar refractivity (Wildman–Crippen MR) is 83.1 cm³/mol. The molecule has 124 valence electrons. The molecule has 1 aromatic heterocycles. The van der Waals surface area contributed by atoms with Gasteiger partial charge in [0.2, 0.25) is 0 Å². The van der Waals surface area contributed by atoms with Gasteiger partial charge in [-0.3, -0.25) is 9.69 Å². The number of amides is 3.